The quantitative estimate of drug-likeness (QED) is 0.575. The van der Waals surface area contributed by atoms with Gasteiger partial charge in [0.25, 0.3) is 10.0 Å². The minimum Gasteiger partial charge on any atom is -0.447 e. The van der Waals surface area contributed by atoms with Gasteiger partial charge in [0.2, 0.25) is 5.09 Å². The minimum absolute atomic E-state index is 0.129. The third-order valence-electron chi connectivity index (χ3n) is 4.34. The van der Waals surface area contributed by atoms with E-state index >= 15 is 0 Å². The average molecular weight is 432 g/mol. The number of pyridine rings is 1. The smallest absolute Gasteiger partial charge is 0.417 e. The zero-order valence-electron chi connectivity index (χ0n) is 14.4. The number of nitrogens with zero attached hydrogens (tertiary/aromatic N) is 4. The lowest BCUT2D eigenvalue weighted by Crippen LogP contribution is -2.27. The first-order valence-electron chi connectivity index (χ1n) is 8.39. The Kier molecular flexibility index (Phi) is 4.88. The Bertz CT molecular complexity index is 1100. The Balaban J connectivity index is 1.52. The van der Waals surface area contributed by atoms with Gasteiger partial charge in [-0.05, 0) is 37.1 Å². The lowest BCUT2D eigenvalue weighted by atomic mass is 10.3. The molecule has 0 atom stereocenters. The van der Waals surface area contributed by atoms with E-state index in [0.29, 0.717) is 18.8 Å². The molecule has 0 N–H and O–H groups in total. The second kappa shape index (κ2) is 7.08. The summed E-state index contributed by atoms with van der Waals surface area (Å²) in [4.78, 5) is 0. The molecule has 0 aliphatic carbocycles. The van der Waals surface area contributed by atoms with Crippen molar-refractivity contribution in [3.05, 3.63) is 41.8 Å². The first-order valence-corrected chi connectivity index (χ1v) is 10.8. The van der Waals surface area contributed by atoms with Gasteiger partial charge in [0.15, 0.2) is 10.8 Å². The molecule has 150 valence electrons. The zero-order valence-corrected chi connectivity index (χ0v) is 16.0. The summed E-state index contributed by atoms with van der Waals surface area (Å²) in [6.45, 7) is 0.945. The minimum atomic E-state index is -4.47. The number of aromatic nitrogens is 3. The number of alkyl halides is 3. The highest BCUT2D eigenvalue weighted by Gasteiger charge is 2.32. The van der Waals surface area contributed by atoms with Crippen LogP contribution in [0.4, 0.5) is 13.2 Å². The van der Waals surface area contributed by atoms with Gasteiger partial charge in [-0.2, -0.15) is 17.5 Å². The summed E-state index contributed by atoms with van der Waals surface area (Å²) in [6.07, 6.45) is -1.89. The van der Waals surface area contributed by atoms with E-state index in [9.17, 15) is 21.6 Å². The number of sulfonamides is 1. The topological polar surface area (TPSA) is 80.7 Å². The largest absolute Gasteiger partial charge is 0.447 e. The number of hydrogen-bond donors (Lipinski definition) is 0. The van der Waals surface area contributed by atoms with Crippen molar-refractivity contribution in [2.24, 2.45) is 0 Å². The summed E-state index contributed by atoms with van der Waals surface area (Å²) >= 11 is 1.11. The van der Waals surface area contributed by atoms with Crippen LogP contribution in [0.1, 0.15) is 24.2 Å². The molecule has 12 heteroatoms. The maximum absolute atomic E-state index is 12.9. The third kappa shape index (κ3) is 3.63. The van der Waals surface area contributed by atoms with Gasteiger partial charge in [-0.15, -0.1) is 10.2 Å². The van der Waals surface area contributed by atoms with Crippen LogP contribution in [0.15, 0.2) is 45.1 Å². The van der Waals surface area contributed by atoms with Gasteiger partial charge in [0.1, 0.15) is 5.76 Å². The molecule has 4 heterocycles. The number of fused-ring (bicyclic) bond motifs is 1. The highest BCUT2D eigenvalue weighted by molar-refractivity contribution is 7.98. The molecule has 1 fully saturated rings. The van der Waals surface area contributed by atoms with Crippen molar-refractivity contribution < 1.29 is 26.0 Å². The Labute approximate surface area is 162 Å². The highest BCUT2D eigenvalue weighted by atomic mass is 32.2. The predicted octanol–water partition coefficient (Wildman–Crippen LogP) is 3.42. The van der Waals surface area contributed by atoms with E-state index < -0.39 is 21.8 Å². The molecule has 1 saturated heterocycles. The zero-order chi connectivity index (χ0) is 19.9. The summed E-state index contributed by atoms with van der Waals surface area (Å²) in [6, 6.07) is 5.13. The molecular formula is C16H15F3N4O3S2. The van der Waals surface area contributed by atoms with Crippen LogP contribution in [0.2, 0.25) is 0 Å². The van der Waals surface area contributed by atoms with Crippen LogP contribution >= 0.6 is 11.8 Å². The normalized spacial score (nSPS) is 16.2. The molecule has 0 aromatic carbocycles. The molecule has 4 rings (SSSR count). The summed E-state index contributed by atoms with van der Waals surface area (Å²) in [5.41, 5.74) is -0.522. The molecule has 0 amide bonds. The first kappa shape index (κ1) is 19.3. The van der Waals surface area contributed by atoms with Gasteiger partial charge in [0.05, 0.1) is 11.3 Å². The monoisotopic (exact) mass is 432 g/mol. The Morgan fingerprint density at radius 1 is 1.11 bits per heavy atom. The van der Waals surface area contributed by atoms with E-state index in [4.69, 9.17) is 4.42 Å². The van der Waals surface area contributed by atoms with Crippen molar-refractivity contribution in [3.63, 3.8) is 0 Å². The van der Waals surface area contributed by atoms with E-state index in [1.165, 1.54) is 20.8 Å². The van der Waals surface area contributed by atoms with Crippen molar-refractivity contribution >= 4 is 27.4 Å². The van der Waals surface area contributed by atoms with Gasteiger partial charge >= 0.3 is 6.18 Å². The molecule has 0 bridgehead atoms. The van der Waals surface area contributed by atoms with Gasteiger partial charge in [-0.3, -0.25) is 4.40 Å². The summed E-state index contributed by atoms with van der Waals surface area (Å²) in [5.74, 6) is 0.582. The van der Waals surface area contributed by atoms with E-state index in [2.05, 4.69) is 10.2 Å². The number of hydrogen-bond acceptors (Lipinski definition) is 6. The van der Waals surface area contributed by atoms with Crippen molar-refractivity contribution in [1.29, 1.82) is 0 Å². The molecule has 28 heavy (non-hydrogen) atoms. The fourth-order valence-electron chi connectivity index (χ4n) is 2.90. The molecule has 0 saturated carbocycles. The molecule has 0 spiro atoms. The lowest BCUT2D eigenvalue weighted by Gasteiger charge is -2.12. The lowest BCUT2D eigenvalue weighted by molar-refractivity contribution is -0.137. The number of thioether (sulfide) groups is 1. The van der Waals surface area contributed by atoms with Gasteiger partial charge in [-0.25, -0.2) is 8.42 Å². The van der Waals surface area contributed by atoms with Crippen LogP contribution in [0, 0.1) is 0 Å². The molecule has 7 nitrogen and oxygen atoms in total. The Hall–Kier alpha value is -2.05. The van der Waals surface area contributed by atoms with Crippen molar-refractivity contribution in [1.82, 2.24) is 18.9 Å². The molecule has 0 unspecified atom stereocenters. The molecule has 0 radical (unpaired) electrons. The predicted molar refractivity (Wildman–Crippen MR) is 94.3 cm³/mol. The summed E-state index contributed by atoms with van der Waals surface area (Å²) in [7, 11) is -3.65. The third-order valence-corrected chi connectivity index (χ3v) is 7.08. The van der Waals surface area contributed by atoms with Crippen LogP contribution < -0.4 is 0 Å². The van der Waals surface area contributed by atoms with Crippen LogP contribution in [0.25, 0.3) is 5.65 Å². The van der Waals surface area contributed by atoms with E-state index in [1.54, 1.807) is 6.07 Å². The molecular weight excluding hydrogens is 417 g/mol. The highest BCUT2D eigenvalue weighted by Crippen LogP contribution is 2.31. The van der Waals surface area contributed by atoms with Crippen LogP contribution in [0.3, 0.4) is 0 Å². The molecule has 3 aromatic heterocycles. The Morgan fingerprint density at radius 2 is 1.86 bits per heavy atom. The van der Waals surface area contributed by atoms with Crippen LogP contribution in [-0.2, 0) is 22.0 Å². The second-order valence-electron chi connectivity index (χ2n) is 6.25. The average Bonchev–Trinajstić information content (AvgIpc) is 3.38. The molecule has 1 aliphatic rings. The first-order chi connectivity index (χ1) is 13.2. The van der Waals surface area contributed by atoms with Crippen molar-refractivity contribution in [2.45, 2.75) is 35.0 Å². The molecule has 3 aromatic rings. The second-order valence-corrected chi connectivity index (χ2v) is 9.06. The Morgan fingerprint density at radius 3 is 2.57 bits per heavy atom. The van der Waals surface area contributed by atoms with Crippen LogP contribution in [-0.4, -0.2) is 40.4 Å². The number of halogens is 3. The van der Waals surface area contributed by atoms with Gasteiger partial charge in [-0.1, -0.05) is 11.8 Å². The summed E-state index contributed by atoms with van der Waals surface area (Å²) in [5, 5.41) is 7.86. The standard InChI is InChI=1S/C16H15F3N4O3S2/c17-16(18,19)11-3-5-13-20-21-15(23(13)9-11)27-10-12-4-6-14(26-12)28(24,25)22-7-1-2-8-22/h3-6,9H,1-2,7-8,10H2. The fraction of sp³-hybridized carbons (Fsp3) is 0.375. The molecule has 1 aliphatic heterocycles. The number of furan rings is 1. The number of rotatable bonds is 5. The van der Waals surface area contributed by atoms with Crippen molar-refractivity contribution in [2.75, 3.05) is 13.1 Å². The maximum Gasteiger partial charge on any atom is 0.417 e. The van der Waals surface area contributed by atoms with Crippen LogP contribution in [0.5, 0.6) is 0 Å². The van der Waals surface area contributed by atoms with Crippen molar-refractivity contribution in [3.8, 4) is 0 Å². The van der Waals surface area contributed by atoms with Gasteiger partial charge < -0.3 is 4.42 Å². The SMILES string of the molecule is O=S(=O)(c1ccc(CSc2nnc3ccc(C(F)(F)F)cn23)o1)N1CCCC1. The maximum atomic E-state index is 12.9. The fourth-order valence-corrected chi connectivity index (χ4v) is 5.16. The summed E-state index contributed by atoms with van der Waals surface area (Å²) < 4.78 is 71.8. The van der Waals surface area contributed by atoms with Gasteiger partial charge in [0, 0.05) is 19.3 Å². The van der Waals surface area contributed by atoms with E-state index in [0.717, 1.165) is 36.9 Å². The van der Waals surface area contributed by atoms with E-state index in [-0.39, 0.29) is 21.6 Å². The van der Waals surface area contributed by atoms with E-state index in [1.807, 2.05) is 0 Å².